The largest absolute Gasteiger partial charge is 0.481 e. The molecule has 0 aromatic carbocycles. The molecule has 1 saturated heterocycles. The summed E-state index contributed by atoms with van der Waals surface area (Å²) in [4.78, 5) is 13.7. The number of hydrogen-bond acceptors (Lipinski definition) is 4. The van der Waals surface area contributed by atoms with Crippen LogP contribution < -0.4 is 0 Å². The molecule has 1 aliphatic carbocycles. The highest BCUT2D eigenvalue weighted by Crippen LogP contribution is 2.33. The molecule has 0 bridgehead atoms. The summed E-state index contributed by atoms with van der Waals surface area (Å²) in [7, 11) is 4.08. The van der Waals surface area contributed by atoms with Crippen molar-refractivity contribution >= 4 is 5.97 Å². The SMILES string of the molecule is CC1CC(N(C)C)C(CC(=O)O)C(OC2CCCCCCCCCCCCCC2)O1. The molecular formula is C25H47NO4. The van der Waals surface area contributed by atoms with Crippen molar-refractivity contribution in [1.29, 1.82) is 0 Å². The van der Waals surface area contributed by atoms with E-state index in [0.717, 1.165) is 19.3 Å². The molecule has 4 unspecified atom stereocenters. The molecule has 30 heavy (non-hydrogen) atoms. The third-order valence-electron chi connectivity index (χ3n) is 6.99. The van der Waals surface area contributed by atoms with Gasteiger partial charge in [-0.15, -0.1) is 0 Å². The normalized spacial score (nSPS) is 31.7. The predicted octanol–water partition coefficient (Wildman–Crippen LogP) is 6.00. The zero-order valence-electron chi connectivity index (χ0n) is 19.8. The van der Waals surface area contributed by atoms with Crippen molar-refractivity contribution in [2.75, 3.05) is 14.1 Å². The van der Waals surface area contributed by atoms with E-state index in [-0.39, 0.29) is 30.6 Å². The Hall–Kier alpha value is -0.650. The van der Waals surface area contributed by atoms with Gasteiger partial charge in [-0.3, -0.25) is 4.79 Å². The van der Waals surface area contributed by atoms with Crippen LogP contribution in [0.4, 0.5) is 0 Å². The second kappa shape index (κ2) is 14.4. The van der Waals surface area contributed by atoms with E-state index in [9.17, 15) is 9.90 Å². The first-order valence-electron chi connectivity index (χ1n) is 12.7. The number of ether oxygens (including phenoxy) is 2. The van der Waals surface area contributed by atoms with Crippen LogP contribution in [0.15, 0.2) is 0 Å². The molecule has 1 heterocycles. The Kier molecular flexibility index (Phi) is 12.3. The van der Waals surface area contributed by atoms with Crippen LogP contribution in [0.5, 0.6) is 0 Å². The quantitative estimate of drug-likeness (QED) is 0.585. The van der Waals surface area contributed by atoms with Crippen molar-refractivity contribution < 1.29 is 19.4 Å². The van der Waals surface area contributed by atoms with Crippen LogP contribution in [-0.4, -0.2) is 54.6 Å². The van der Waals surface area contributed by atoms with Gasteiger partial charge in [0.2, 0.25) is 0 Å². The number of rotatable bonds is 5. The maximum Gasteiger partial charge on any atom is 0.303 e. The molecule has 176 valence electrons. The Labute approximate surface area is 184 Å². The lowest BCUT2D eigenvalue weighted by molar-refractivity contribution is -0.253. The summed E-state index contributed by atoms with van der Waals surface area (Å²) < 4.78 is 12.8. The van der Waals surface area contributed by atoms with E-state index in [1.807, 2.05) is 14.1 Å². The standard InChI is InChI=1S/C25H47NO4/c1-20-18-23(26(2)3)22(19-24(27)28)25(29-20)30-21-16-14-12-10-8-6-4-5-7-9-11-13-15-17-21/h20-23,25H,4-19H2,1-3H3,(H,27,28). The van der Waals surface area contributed by atoms with Crippen LogP contribution in [-0.2, 0) is 14.3 Å². The zero-order chi connectivity index (χ0) is 21.8. The van der Waals surface area contributed by atoms with Gasteiger partial charge in [0, 0.05) is 12.0 Å². The first kappa shape index (κ1) is 25.6. The van der Waals surface area contributed by atoms with Gasteiger partial charge in [-0.2, -0.15) is 0 Å². The van der Waals surface area contributed by atoms with Crippen LogP contribution in [0.25, 0.3) is 0 Å². The van der Waals surface area contributed by atoms with Crippen LogP contribution in [0.3, 0.4) is 0 Å². The second-order valence-corrected chi connectivity index (χ2v) is 9.92. The molecule has 0 aromatic rings. The molecule has 0 radical (unpaired) electrons. The maximum absolute atomic E-state index is 11.6. The molecule has 5 nitrogen and oxygen atoms in total. The Bertz CT molecular complexity index is 454. The van der Waals surface area contributed by atoms with E-state index in [4.69, 9.17) is 9.47 Å². The van der Waals surface area contributed by atoms with Crippen LogP contribution in [0, 0.1) is 5.92 Å². The number of hydrogen-bond donors (Lipinski definition) is 1. The van der Waals surface area contributed by atoms with Gasteiger partial charge < -0.3 is 19.5 Å². The number of carboxylic acids is 1. The van der Waals surface area contributed by atoms with Crippen LogP contribution in [0.2, 0.25) is 0 Å². The highest BCUT2D eigenvalue weighted by atomic mass is 16.7. The fraction of sp³-hybridized carbons (Fsp3) is 0.960. The van der Waals surface area contributed by atoms with Crippen molar-refractivity contribution in [2.24, 2.45) is 5.92 Å². The van der Waals surface area contributed by atoms with Crippen molar-refractivity contribution in [2.45, 2.75) is 134 Å². The molecule has 0 spiro atoms. The van der Waals surface area contributed by atoms with Crippen molar-refractivity contribution in [3.05, 3.63) is 0 Å². The molecule has 1 aliphatic heterocycles. The molecule has 2 aliphatic rings. The lowest BCUT2D eigenvalue weighted by Crippen LogP contribution is -2.52. The Morgan fingerprint density at radius 1 is 0.900 bits per heavy atom. The van der Waals surface area contributed by atoms with E-state index >= 15 is 0 Å². The molecule has 2 fully saturated rings. The minimum absolute atomic E-state index is 0.0923. The van der Waals surface area contributed by atoms with Gasteiger partial charge >= 0.3 is 5.97 Å². The Balaban J connectivity index is 1.99. The highest BCUT2D eigenvalue weighted by molar-refractivity contribution is 5.67. The zero-order valence-corrected chi connectivity index (χ0v) is 19.8. The summed E-state index contributed by atoms with van der Waals surface area (Å²) in [6.45, 7) is 2.08. The fourth-order valence-corrected chi connectivity index (χ4v) is 5.22. The van der Waals surface area contributed by atoms with Gasteiger partial charge in [-0.05, 0) is 40.3 Å². The summed E-state index contributed by atoms with van der Waals surface area (Å²) in [5.74, 6) is -0.883. The molecule has 1 saturated carbocycles. The molecule has 0 aromatic heterocycles. The van der Waals surface area contributed by atoms with E-state index < -0.39 is 12.3 Å². The first-order chi connectivity index (χ1) is 14.5. The van der Waals surface area contributed by atoms with Gasteiger partial charge in [0.15, 0.2) is 6.29 Å². The number of carboxylic acid groups (broad SMARTS) is 1. The van der Waals surface area contributed by atoms with E-state index in [1.54, 1.807) is 0 Å². The predicted molar refractivity (Wildman–Crippen MR) is 122 cm³/mol. The first-order valence-corrected chi connectivity index (χ1v) is 12.7. The topological polar surface area (TPSA) is 59.0 Å². The summed E-state index contributed by atoms with van der Waals surface area (Å²) in [6, 6.07) is 0.178. The lowest BCUT2D eigenvalue weighted by Gasteiger charge is -2.44. The molecule has 5 heteroatoms. The van der Waals surface area contributed by atoms with Gasteiger partial charge in [0.25, 0.3) is 0 Å². The van der Waals surface area contributed by atoms with Crippen LogP contribution >= 0.6 is 0 Å². The van der Waals surface area contributed by atoms with Gasteiger partial charge in [0.1, 0.15) is 0 Å². The summed E-state index contributed by atoms with van der Waals surface area (Å²) in [6.07, 6.45) is 18.9. The van der Waals surface area contributed by atoms with Gasteiger partial charge in [-0.1, -0.05) is 77.0 Å². The van der Waals surface area contributed by atoms with E-state index in [2.05, 4.69) is 11.8 Å². The summed E-state index contributed by atoms with van der Waals surface area (Å²) >= 11 is 0. The third kappa shape index (κ3) is 9.65. The minimum Gasteiger partial charge on any atom is -0.481 e. The smallest absolute Gasteiger partial charge is 0.303 e. The maximum atomic E-state index is 11.6. The average molecular weight is 426 g/mol. The van der Waals surface area contributed by atoms with Crippen molar-refractivity contribution in [1.82, 2.24) is 4.90 Å². The third-order valence-corrected chi connectivity index (χ3v) is 6.99. The number of nitrogens with zero attached hydrogens (tertiary/aromatic N) is 1. The molecule has 0 amide bonds. The summed E-state index contributed by atoms with van der Waals surface area (Å²) in [5.41, 5.74) is 0. The molecular weight excluding hydrogens is 378 g/mol. The number of carbonyl (C=O) groups is 1. The van der Waals surface area contributed by atoms with E-state index in [1.165, 1.54) is 77.0 Å². The Morgan fingerprint density at radius 3 is 1.80 bits per heavy atom. The average Bonchev–Trinajstić information content (AvgIpc) is 2.69. The lowest BCUT2D eigenvalue weighted by atomic mass is 9.87. The molecule has 1 N–H and O–H groups in total. The van der Waals surface area contributed by atoms with Crippen molar-refractivity contribution in [3.8, 4) is 0 Å². The van der Waals surface area contributed by atoms with Crippen molar-refractivity contribution in [3.63, 3.8) is 0 Å². The van der Waals surface area contributed by atoms with E-state index in [0.29, 0.717) is 0 Å². The second-order valence-electron chi connectivity index (χ2n) is 9.92. The summed E-state index contributed by atoms with van der Waals surface area (Å²) in [5, 5.41) is 9.51. The number of aliphatic carboxylic acids is 1. The highest BCUT2D eigenvalue weighted by Gasteiger charge is 2.41. The van der Waals surface area contributed by atoms with Crippen LogP contribution in [0.1, 0.15) is 110 Å². The minimum atomic E-state index is -0.763. The molecule has 2 rings (SSSR count). The Morgan fingerprint density at radius 2 is 1.37 bits per heavy atom. The fourth-order valence-electron chi connectivity index (χ4n) is 5.22. The monoisotopic (exact) mass is 425 g/mol. The van der Waals surface area contributed by atoms with Gasteiger partial charge in [0.05, 0.1) is 18.6 Å². The van der Waals surface area contributed by atoms with Gasteiger partial charge in [-0.25, -0.2) is 0 Å². The molecule has 4 atom stereocenters.